The molecule has 0 spiro atoms. The molecular formula is C23H17NO4. The maximum atomic E-state index is 12.3. The number of carbonyl (C=O) groups is 3. The van der Waals surface area contributed by atoms with Gasteiger partial charge in [0.15, 0.2) is 0 Å². The summed E-state index contributed by atoms with van der Waals surface area (Å²) >= 11 is 0. The van der Waals surface area contributed by atoms with Crippen LogP contribution in [-0.2, 0) is 4.79 Å². The monoisotopic (exact) mass is 371 g/mol. The van der Waals surface area contributed by atoms with E-state index in [4.69, 9.17) is 0 Å². The van der Waals surface area contributed by atoms with Crippen molar-refractivity contribution < 1.29 is 19.5 Å². The summed E-state index contributed by atoms with van der Waals surface area (Å²) in [6, 6.07) is 22.7. The molecule has 5 nitrogen and oxygen atoms in total. The molecule has 3 aromatic rings. The molecule has 0 aromatic heterocycles. The van der Waals surface area contributed by atoms with E-state index in [0.717, 1.165) is 17.4 Å². The van der Waals surface area contributed by atoms with E-state index in [1.807, 2.05) is 12.1 Å². The van der Waals surface area contributed by atoms with E-state index in [1.54, 1.807) is 66.7 Å². The maximum Gasteiger partial charge on any atom is 0.352 e. The van der Waals surface area contributed by atoms with Crippen molar-refractivity contribution >= 4 is 24.2 Å². The lowest BCUT2D eigenvalue weighted by Gasteiger charge is -2.08. The van der Waals surface area contributed by atoms with Crippen LogP contribution < -0.4 is 5.32 Å². The molecule has 0 saturated heterocycles. The summed E-state index contributed by atoms with van der Waals surface area (Å²) in [5, 5.41) is 11.9. The fourth-order valence-corrected chi connectivity index (χ4v) is 2.70. The summed E-state index contributed by atoms with van der Waals surface area (Å²) < 4.78 is 0. The quantitative estimate of drug-likeness (QED) is 0.506. The van der Waals surface area contributed by atoms with Crippen molar-refractivity contribution in [3.05, 3.63) is 101 Å². The van der Waals surface area contributed by atoms with Crippen molar-refractivity contribution in [1.29, 1.82) is 0 Å². The molecule has 2 N–H and O–H groups in total. The van der Waals surface area contributed by atoms with Gasteiger partial charge in [0, 0.05) is 11.1 Å². The van der Waals surface area contributed by atoms with E-state index >= 15 is 0 Å². The van der Waals surface area contributed by atoms with Gasteiger partial charge >= 0.3 is 5.97 Å². The maximum absolute atomic E-state index is 12.3. The van der Waals surface area contributed by atoms with Gasteiger partial charge in [-0.05, 0) is 47.0 Å². The number of hydrogen-bond acceptors (Lipinski definition) is 3. The number of carboxylic acid groups (broad SMARTS) is 1. The highest BCUT2D eigenvalue weighted by atomic mass is 16.4. The summed E-state index contributed by atoms with van der Waals surface area (Å²) in [6.45, 7) is 0. The zero-order valence-electron chi connectivity index (χ0n) is 14.8. The number of nitrogens with one attached hydrogen (secondary N) is 1. The van der Waals surface area contributed by atoms with E-state index in [2.05, 4.69) is 5.32 Å². The second kappa shape index (κ2) is 8.60. The summed E-state index contributed by atoms with van der Waals surface area (Å²) in [4.78, 5) is 34.8. The minimum Gasteiger partial charge on any atom is -0.477 e. The van der Waals surface area contributed by atoms with E-state index in [9.17, 15) is 19.5 Å². The molecule has 0 saturated carbocycles. The Hall–Kier alpha value is -3.99. The normalized spacial score (nSPS) is 10.9. The minimum atomic E-state index is -1.24. The Morgan fingerprint density at radius 3 is 2.00 bits per heavy atom. The number of carboxylic acids is 1. The molecule has 0 radical (unpaired) electrons. The SMILES string of the molecule is O=Cc1cccc(-c2cccc(/C=C(/NC(=O)c3ccccc3)C(=O)O)c2)c1. The first-order valence-electron chi connectivity index (χ1n) is 8.54. The van der Waals surface area contributed by atoms with E-state index in [-0.39, 0.29) is 5.70 Å². The number of hydrogen-bond donors (Lipinski definition) is 2. The number of rotatable bonds is 6. The Bertz CT molecular complexity index is 1050. The van der Waals surface area contributed by atoms with Crippen molar-refractivity contribution in [1.82, 2.24) is 5.32 Å². The molecule has 0 aliphatic carbocycles. The largest absolute Gasteiger partial charge is 0.477 e. The van der Waals surface area contributed by atoms with Crippen LogP contribution in [0.2, 0.25) is 0 Å². The highest BCUT2D eigenvalue weighted by Gasteiger charge is 2.13. The third-order valence-electron chi connectivity index (χ3n) is 4.07. The first kappa shape index (κ1) is 18.8. The molecule has 1 amide bonds. The standard InChI is InChI=1S/C23H17NO4/c25-15-17-7-5-11-20(13-17)19-10-4-6-16(12-19)14-21(23(27)28)24-22(26)18-8-2-1-3-9-18/h1-15H,(H,24,26)(H,27,28)/b21-14+. The summed E-state index contributed by atoms with van der Waals surface area (Å²) in [5.74, 6) is -1.73. The molecule has 0 aliphatic heterocycles. The molecule has 28 heavy (non-hydrogen) atoms. The second-order valence-corrected chi connectivity index (χ2v) is 6.05. The lowest BCUT2D eigenvalue weighted by atomic mass is 10.0. The van der Waals surface area contributed by atoms with Crippen LogP contribution in [0.25, 0.3) is 17.2 Å². The third-order valence-corrected chi connectivity index (χ3v) is 4.07. The fourth-order valence-electron chi connectivity index (χ4n) is 2.70. The predicted molar refractivity (Wildman–Crippen MR) is 107 cm³/mol. The van der Waals surface area contributed by atoms with Gasteiger partial charge in [-0.1, -0.05) is 54.6 Å². The van der Waals surface area contributed by atoms with E-state index in [1.165, 1.54) is 6.08 Å². The number of aldehydes is 1. The lowest BCUT2D eigenvalue weighted by molar-refractivity contribution is -0.132. The Labute approximate surface area is 162 Å². The van der Waals surface area contributed by atoms with Crippen LogP contribution in [0.5, 0.6) is 0 Å². The van der Waals surface area contributed by atoms with Crippen LogP contribution >= 0.6 is 0 Å². The van der Waals surface area contributed by atoms with Gasteiger partial charge in [-0.25, -0.2) is 4.79 Å². The number of amides is 1. The van der Waals surface area contributed by atoms with Gasteiger partial charge in [-0.15, -0.1) is 0 Å². The Morgan fingerprint density at radius 2 is 1.39 bits per heavy atom. The molecular weight excluding hydrogens is 354 g/mol. The van der Waals surface area contributed by atoms with Crippen LogP contribution in [0.3, 0.4) is 0 Å². The zero-order valence-corrected chi connectivity index (χ0v) is 14.8. The van der Waals surface area contributed by atoms with Crippen molar-refractivity contribution in [2.45, 2.75) is 0 Å². The second-order valence-electron chi connectivity index (χ2n) is 6.05. The fraction of sp³-hybridized carbons (Fsp3) is 0. The van der Waals surface area contributed by atoms with Crippen LogP contribution in [-0.4, -0.2) is 23.3 Å². The average molecular weight is 371 g/mol. The van der Waals surface area contributed by atoms with Crippen molar-refractivity contribution in [3.8, 4) is 11.1 Å². The zero-order chi connectivity index (χ0) is 19.9. The van der Waals surface area contributed by atoms with Gasteiger partial charge in [-0.2, -0.15) is 0 Å². The molecule has 3 aromatic carbocycles. The summed E-state index contributed by atoms with van der Waals surface area (Å²) in [6.07, 6.45) is 2.17. The summed E-state index contributed by atoms with van der Waals surface area (Å²) in [7, 11) is 0. The third kappa shape index (κ3) is 4.59. The van der Waals surface area contributed by atoms with Crippen LogP contribution in [0.4, 0.5) is 0 Å². The van der Waals surface area contributed by atoms with Crippen LogP contribution in [0, 0.1) is 0 Å². The first-order chi connectivity index (χ1) is 13.6. The van der Waals surface area contributed by atoms with Gasteiger partial charge in [0.2, 0.25) is 0 Å². The van der Waals surface area contributed by atoms with Gasteiger partial charge in [0.05, 0.1) is 0 Å². The smallest absolute Gasteiger partial charge is 0.352 e. The topological polar surface area (TPSA) is 83.5 Å². The molecule has 0 atom stereocenters. The highest BCUT2D eigenvalue weighted by molar-refractivity contribution is 6.02. The van der Waals surface area contributed by atoms with Crippen molar-refractivity contribution in [3.63, 3.8) is 0 Å². The molecule has 3 rings (SSSR count). The van der Waals surface area contributed by atoms with Crippen molar-refractivity contribution in [2.75, 3.05) is 0 Å². The predicted octanol–water partition coefficient (Wildman–Crippen LogP) is 4.02. The highest BCUT2D eigenvalue weighted by Crippen LogP contribution is 2.22. The lowest BCUT2D eigenvalue weighted by Crippen LogP contribution is -2.27. The van der Waals surface area contributed by atoms with Gasteiger partial charge < -0.3 is 10.4 Å². The molecule has 138 valence electrons. The number of aliphatic carboxylic acids is 1. The first-order valence-corrected chi connectivity index (χ1v) is 8.54. The van der Waals surface area contributed by atoms with Gasteiger partial charge in [0.25, 0.3) is 5.91 Å². The molecule has 5 heteroatoms. The van der Waals surface area contributed by atoms with Crippen LogP contribution in [0.1, 0.15) is 26.3 Å². The van der Waals surface area contributed by atoms with E-state index < -0.39 is 11.9 Å². The van der Waals surface area contributed by atoms with Gasteiger partial charge in [0.1, 0.15) is 12.0 Å². The molecule has 0 bridgehead atoms. The Kier molecular flexibility index (Phi) is 5.77. The molecule has 0 aliphatic rings. The Morgan fingerprint density at radius 1 is 0.786 bits per heavy atom. The Balaban J connectivity index is 1.90. The number of carbonyl (C=O) groups excluding carboxylic acids is 2. The molecule has 0 heterocycles. The van der Waals surface area contributed by atoms with Crippen LogP contribution in [0.15, 0.2) is 84.6 Å². The van der Waals surface area contributed by atoms with Crippen molar-refractivity contribution in [2.24, 2.45) is 0 Å². The molecule has 0 fully saturated rings. The summed E-state index contributed by atoms with van der Waals surface area (Å²) in [5.41, 5.74) is 2.97. The van der Waals surface area contributed by atoms with E-state index in [0.29, 0.717) is 16.7 Å². The minimum absolute atomic E-state index is 0.229. The average Bonchev–Trinajstić information content (AvgIpc) is 2.74. The number of benzene rings is 3. The van der Waals surface area contributed by atoms with Gasteiger partial charge in [-0.3, -0.25) is 9.59 Å². The molecule has 0 unspecified atom stereocenters.